The Morgan fingerprint density at radius 2 is 1.96 bits per heavy atom. The van der Waals surface area contributed by atoms with Gasteiger partial charge in [-0.05, 0) is 44.8 Å². The number of rotatable bonds is 4. The molecular formula is C17H25N7O. The summed E-state index contributed by atoms with van der Waals surface area (Å²) in [6.07, 6.45) is 6.04. The van der Waals surface area contributed by atoms with E-state index in [1.54, 1.807) is 12.3 Å². The van der Waals surface area contributed by atoms with Crippen molar-refractivity contribution < 1.29 is 4.79 Å². The third-order valence-corrected chi connectivity index (χ3v) is 5.44. The van der Waals surface area contributed by atoms with Crippen LogP contribution in [-0.4, -0.2) is 66.8 Å². The molecule has 134 valence electrons. The van der Waals surface area contributed by atoms with Gasteiger partial charge in [-0.1, -0.05) is 0 Å². The highest BCUT2D eigenvalue weighted by Crippen LogP contribution is 2.27. The highest BCUT2D eigenvalue weighted by Gasteiger charge is 2.28. The van der Waals surface area contributed by atoms with E-state index in [1.165, 1.54) is 12.8 Å². The molecule has 0 radical (unpaired) electrons. The van der Waals surface area contributed by atoms with E-state index in [0.29, 0.717) is 11.6 Å². The Morgan fingerprint density at radius 1 is 1.20 bits per heavy atom. The molecule has 2 fully saturated rings. The Kier molecular flexibility index (Phi) is 4.52. The van der Waals surface area contributed by atoms with Gasteiger partial charge >= 0.3 is 0 Å². The van der Waals surface area contributed by atoms with E-state index in [-0.39, 0.29) is 5.91 Å². The molecule has 0 aromatic carbocycles. The van der Waals surface area contributed by atoms with Crippen LogP contribution in [0.4, 0.5) is 0 Å². The van der Waals surface area contributed by atoms with E-state index in [2.05, 4.69) is 36.9 Å². The van der Waals surface area contributed by atoms with Gasteiger partial charge in [0, 0.05) is 32.3 Å². The fourth-order valence-corrected chi connectivity index (χ4v) is 3.90. The molecule has 0 atom stereocenters. The van der Waals surface area contributed by atoms with Gasteiger partial charge in [0.15, 0.2) is 0 Å². The first-order chi connectivity index (χ1) is 12.2. The molecule has 2 aliphatic heterocycles. The van der Waals surface area contributed by atoms with Crippen molar-refractivity contribution in [3.8, 4) is 0 Å². The highest BCUT2D eigenvalue weighted by atomic mass is 16.2. The average Bonchev–Trinajstić information content (AvgIpc) is 3.39. The van der Waals surface area contributed by atoms with Gasteiger partial charge in [-0.25, -0.2) is 0 Å². The minimum atomic E-state index is 0.0311. The number of hydrogen-bond donors (Lipinski definition) is 1. The molecule has 2 aromatic heterocycles. The van der Waals surface area contributed by atoms with Crippen LogP contribution in [0, 0.1) is 0 Å². The first-order valence-corrected chi connectivity index (χ1v) is 9.11. The first kappa shape index (κ1) is 16.3. The number of H-pyrrole nitrogens is 1. The summed E-state index contributed by atoms with van der Waals surface area (Å²) in [5, 5.41) is 15.5. The summed E-state index contributed by atoms with van der Waals surface area (Å²) in [7, 11) is 2.07. The van der Waals surface area contributed by atoms with Crippen LogP contribution < -0.4 is 0 Å². The largest absolute Gasteiger partial charge is 0.337 e. The molecule has 2 aromatic rings. The van der Waals surface area contributed by atoms with Crippen molar-refractivity contribution in [2.24, 2.45) is 7.05 Å². The average molecular weight is 343 g/mol. The number of amides is 1. The predicted molar refractivity (Wildman–Crippen MR) is 92.0 cm³/mol. The van der Waals surface area contributed by atoms with Crippen molar-refractivity contribution >= 4 is 5.91 Å². The van der Waals surface area contributed by atoms with Crippen LogP contribution in [0.25, 0.3) is 0 Å². The van der Waals surface area contributed by atoms with Gasteiger partial charge < -0.3 is 9.47 Å². The summed E-state index contributed by atoms with van der Waals surface area (Å²) >= 11 is 0. The van der Waals surface area contributed by atoms with Crippen molar-refractivity contribution in [2.45, 2.75) is 38.1 Å². The molecule has 0 spiro atoms. The third kappa shape index (κ3) is 3.30. The van der Waals surface area contributed by atoms with E-state index >= 15 is 0 Å². The lowest BCUT2D eigenvalue weighted by Crippen LogP contribution is -2.38. The minimum absolute atomic E-state index is 0.0311. The SMILES string of the molecule is Cn1c(CN2CCCC2)nnc1C1CCN(C(=O)c2ccn[nH]2)CC1. The van der Waals surface area contributed by atoms with E-state index < -0.39 is 0 Å². The molecule has 0 bridgehead atoms. The van der Waals surface area contributed by atoms with Crippen molar-refractivity contribution in [1.29, 1.82) is 0 Å². The zero-order valence-corrected chi connectivity index (χ0v) is 14.7. The van der Waals surface area contributed by atoms with Crippen LogP contribution in [0.3, 0.4) is 0 Å². The Hall–Kier alpha value is -2.22. The summed E-state index contributed by atoms with van der Waals surface area (Å²) in [6.45, 7) is 4.71. The van der Waals surface area contributed by atoms with E-state index in [4.69, 9.17) is 0 Å². The monoisotopic (exact) mass is 343 g/mol. The van der Waals surface area contributed by atoms with E-state index in [9.17, 15) is 4.79 Å². The van der Waals surface area contributed by atoms with Crippen LogP contribution in [0.1, 0.15) is 53.7 Å². The number of aromatic nitrogens is 5. The summed E-state index contributed by atoms with van der Waals surface area (Å²) < 4.78 is 2.16. The Balaban J connectivity index is 1.37. The van der Waals surface area contributed by atoms with Crippen molar-refractivity contribution in [3.05, 3.63) is 29.6 Å². The topological polar surface area (TPSA) is 82.9 Å². The van der Waals surface area contributed by atoms with Gasteiger partial charge in [0.25, 0.3) is 5.91 Å². The fourth-order valence-electron chi connectivity index (χ4n) is 3.90. The summed E-state index contributed by atoms with van der Waals surface area (Å²) in [5.41, 5.74) is 0.560. The number of piperidine rings is 1. The van der Waals surface area contributed by atoms with Gasteiger partial charge in [0.2, 0.25) is 0 Å². The van der Waals surface area contributed by atoms with Crippen molar-refractivity contribution in [2.75, 3.05) is 26.2 Å². The Bertz CT molecular complexity index is 709. The Labute approximate surface area is 147 Å². The van der Waals surface area contributed by atoms with Crippen LogP contribution in [0.2, 0.25) is 0 Å². The van der Waals surface area contributed by atoms with Gasteiger partial charge in [0.05, 0.1) is 6.54 Å². The molecule has 8 nitrogen and oxygen atoms in total. The van der Waals surface area contributed by atoms with Crippen LogP contribution in [0.15, 0.2) is 12.3 Å². The zero-order chi connectivity index (χ0) is 17.2. The smallest absolute Gasteiger partial charge is 0.271 e. The third-order valence-electron chi connectivity index (χ3n) is 5.44. The van der Waals surface area contributed by atoms with E-state index in [1.807, 2.05) is 4.90 Å². The van der Waals surface area contributed by atoms with E-state index in [0.717, 1.165) is 57.2 Å². The molecule has 4 heterocycles. The number of nitrogens with zero attached hydrogens (tertiary/aromatic N) is 6. The van der Waals surface area contributed by atoms with Crippen molar-refractivity contribution in [1.82, 2.24) is 34.8 Å². The molecule has 0 unspecified atom stereocenters. The summed E-state index contributed by atoms with van der Waals surface area (Å²) in [4.78, 5) is 16.7. The second kappa shape index (κ2) is 6.95. The van der Waals surface area contributed by atoms with Crippen molar-refractivity contribution in [3.63, 3.8) is 0 Å². The number of hydrogen-bond acceptors (Lipinski definition) is 5. The number of nitrogens with one attached hydrogen (secondary N) is 1. The first-order valence-electron chi connectivity index (χ1n) is 9.11. The van der Waals surface area contributed by atoms with Crippen LogP contribution in [0.5, 0.6) is 0 Å². The van der Waals surface area contributed by atoms with Gasteiger partial charge in [-0.2, -0.15) is 5.10 Å². The minimum Gasteiger partial charge on any atom is -0.337 e. The summed E-state index contributed by atoms with van der Waals surface area (Å²) in [6, 6.07) is 1.72. The fraction of sp³-hybridized carbons (Fsp3) is 0.647. The Morgan fingerprint density at radius 3 is 2.64 bits per heavy atom. The maximum atomic E-state index is 12.4. The normalized spacial score (nSPS) is 19.6. The van der Waals surface area contributed by atoms with Gasteiger partial charge in [-0.15, -0.1) is 10.2 Å². The molecule has 2 saturated heterocycles. The maximum Gasteiger partial charge on any atom is 0.271 e. The van der Waals surface area contributed by atoms with Crippen LogP contribution in [-0.2, 0) is 13.6 Å². The van der Waals surface area contributed by atoms with Gasteiger partial charge in [0.1, 0.15) is 17.3 Å². The number of likely N-dealkylation sites (tertiary alicyclic amines) is 2. The number of carbonyl (C=O) groups excluding carboxylic acids is 1. The lowest BCUT2D eigenvalue weighted by Gasteiger charge is -2.31. The second-order valence-corrected chi connectivity index (χ2v) is 7.05. The molecule has 1 N–H and O–H groups in total. The molecule has 8 heteroatoms. The lowest BCUT2D eigenvalue weighted by molar-refractivity contribution is 0.0704. The zero-order valence-electron chi connectivity index (χ0n) is 14.7. The maximum absolute atomic E-state index is 12.4. The molecule has 25 heavy (non-hydrogen) atoms. The molecule has 0 saturated carbocycles. The van der Waals surface area contributed by atoms with Crippen LogP contribution >= 0.6 is 0 Å². The van der Waals surface area contributed by atoms with Gasteiger partial charge in [-0.3, -0.25) is 14.8 Å². The summed E-state index contributed by atoms with van der Waals surface area (Å²) in [5.74, 6) is 2.51. The molecule has 1 amide bonds. The molecular weight excluding hydrogens is 318 g/mol. The molecule has 4 rings (SSSR count). The quantitative estimate of drug-likeness (QED) is 0.900. The molecule has 0 aliphatic carbocycles. The lowest BCUT2D eigenvalue weighted by atomic mass is 9.95. The molecule has 2 aliphatic rings. The standard InChI is InChI=1S/C17H25N7O/c1-22-15(12-23-8-2-3-9-23)20-21-16(22)13-5-10-24(11-6-13)17(25)14-4-7-18-19-14/h4,7,13H,2-3,5-6,8-12H2,1H3,(H,18,19). The highest BCUT2D eigenvalue weighted by molar-refractivity contribution is 5.92. The number of aromatic amines is 1. The number of carbonyl (C=O) groups is 1. The predicted octanol–water partition coefficient (Wildman–Crippen LogP) is 1.15. The second-order valence-electron chi connectivity index (χ2n) is 7.05.